The highest BCUT2D eigenvalue weighted by Crippen LogP contribution is 2.32. The second-order valence-electron chi connectivity index (χ2n) is 7.62. The highest BCUT2D eigenvalue weighted by molar-refractivity contribution is 5.94. The number of aromatic nitrogens is 2. The van der Waals surface area contributed by atoms with E-state index in [1.54, 1.807) is 0 Å². The predicted octanol–water partition coefficient (Wildman–Crippen LogP) is 2.43. The third-order valence-corrected chi connectivity index (χ3v) is 5.54. The van der Waals surface area contributed by atoms with Crippen LogP contribution < -0.4 is 0 Å². The number of rotatable bonds is 3. The van der Waals surface area contributed by atoms with E-state index in [1.165, 1.54) is 35.1 Å². The molecule has 0 aliphatic carbocycles. The number of Topliss-reactive ketones (excluding diaryl/α,β-unsaturated/α-hetero) is 1. The van der Waals surface area contributed by atoms with Crippen LogP contribution in [0.2, 0.25) is 0 Å². The number of hydrogen-bond acceptors (Lipinski definition) is 4. The third kappa shape index (κ3) is 3.29. The predicted molar refractivity (Wildman–Crippen MR) is 98.0 cm³/mol. The van der Waals surface area contributed by atoms with Gasteiger partial charge in [0.2, 0.25) is 0 Å². The molecule has 0 N–H and O–H groups in total. The summed E-state index contributed by atoms with van der Waals surface area (Å²) in [7, 11) is 0. The lowest BCUT2D eigenvalue weighted by atomic mass is 10.0. The standard InChI is InChI=1S/C20H24N4O2/c1-14-3-5-16(6-4-14)8-22-9-18-11-23(12-19(18)10-22)20(26)24-13-17(7-21-24)15(2)25/h3-7,13,18-19H,8-12H2,1-2H3. The maximum atomic E-state index is 12.6. The molecule has 1 aromatic carbocycles. The van der Waals surface area contributed by atoms with Gasteiger partial charge in [0, 0.05) is 38.9 Å². The summed E-state index contributed by atoms with van der Waals surface area (Å²) in [4.78, 5) is 28.4. The summed E-state index contributed by atoms with van der Waals surface area (Å²) < 4.78 is 1.29. The number of ketones is 1. The Morgan fingerprint density at radius 3 is 2.31 bits per heavy atom. The summed E-state index contributed by atoms with van der Waals surface area (Å²) in [5.74, 6) is 0.966. The van der Waals surface area contributed by atoms with E-state index in [0.29, 0.717) is 17.4 Å². The van der Waals surface area contributed by atoms with Gasteiger partial charge in [0.15, 0.2) is 5.78 Å². The quantitative estimate of drug-likeness (QED) is 0.796. The second-order valence-corrected chi connectivity index (χ2v) is 7.62. The van der Waals surface area contributed by atoms with Crippen molar-refractivity contribution in [3.63, 3.8) is 0 Å². The molecule has 1 aromatic heterocycles. The molecule has 4 rings (SSSR count). The Balaban J connectivity index is 1.34. The van der Waals surface area contributed by atoms with Gasteiger partial charge in [-0.25, -0.2) is 4.79 Å². The molecule has 136 valence electrons. The molecule has 2 fully saturated rings. The van der Waals surface area contributed by atoms with E-state index in [9.17, 15) is 9.59 Å². The number of fused-ring (bicyclic) bond motifs is 1. The summed E-state index contributed by atoms with van der Waals surface area (Å²) in [5.41, 5.74) is 3.10. The van der Waals surface area contributed by atoms with E-state index in [-0.39, 0.29) is 11.8 Å². The Kier molecular flexibility index (Phi) is 4.36. The van der Waals surface area contributed by atoms with Gasteiger partial charge in [-0.15, -0.1) is 0 Å². The highest BCUT2D eigenvalue weighted by Gasteiger charge is 2.41. The van der Waals surface area contributed by atoms with Gasteiger partial charge in [-0.05, 0) is 31.2 Å². The van der Waals surface area contributed by atoms with Crippen molar-refractivity contribution in [1.29, 1.82) is 0 Å². The molecule has 2 unspecified atom stereocenters. The molecule has 0 radical (unpaired) electrons. The SMILES string of the molecule is CC(=O)c1cnn(C(=O)N2CC3CN(Cc4ccc(C)cc4)CC3C2)c1. The fourth-order valence-corrected chi connectivity index (χ4v) is 4.08. The van der Waals surface area contributed by atoms with Crippen molar-refractivity contribution in [2.45, 2.75) is 20.4 Å². The van der Waals surface area contributed by atoms with E-state index in [2.05, 4.69) is 41.2 Å². The summed E-state index contributed by atoms with van der Waals surface area (Å²) in [6.07, 6.45) is 2.99. The zero-order chi connectivity index (χ0) is 18.3. The number of carbonyl (C=O) groups excluding carboxylic acids is 2. The molecule has 26 heavy (non-hydrogen) atoms. The van der Waals surface area contributed by atoms with Crippen LogP contribution >= 0.6 is 0 Å². The summed E-state index contributed by atoms with van der Waals surface area (Å²) in [6.45, 7) is 8.15. The van der Waals surface area contributed by atoms with Crippen molar-refractivity contribution in [2.24, 2.45) is 11.8 Å². The molecule has 2 aliphatic rings. The van der Waals surface area contributed by atoms with Crippen LogP contribution in [0.1, 0.15) is 28.4 Å². The van der Waals surface area contributed by atoms with Crippen molar-refractivity contribution in [3.8, 4) is 0 Å². The Labute approximate surface area is 153 Å². The largest absolute Gasteiger partial charge is 0.344 e. The first kappa shape index (κ1) is 17.0. The van der Waals surface area contributed by atoms with Crippen molar-refractivity contribution < 1.29 is 9.59 Å². The lowest BCUT2D eigenvalue weighted by Gasteiger charge is -2.21. The molecular weight excluding hydrogens is 328 g/mol. The van der Waals surface area contributed by atoms with E-state index in [4.69, 9.17) is 0 Å². The molecule has 0 spiro atoms. The first-order valence-corrected chi connectivity index (χ1v) is 9.12. The minimum Gasteiger partial charge on any atom is -0.322 e. The fraction of sp³-hybridized carbons (Fsp3) is 0.450. The number of nitrogens with zero attached hydrogens (tertiary/aromatic N) is 4. The normalized spacial score (nSPS) is 22.6. The molecule has 6 nitrogen and oxygen atoms in total. The van der Waals surface area contributed by atoms with E-state index in [1.807, 2.05) is 4.90 Å². The summed E-state index contributed by atoms with van der Waals surface area (Å²) in [6, 6.07) is 8.59. The Morgan fingerprint density at radius 1 is 1.08 bits per heavy atom. The first-order chi connectivity index (χ1) is 12.5. The zero-order valence-electron chi connectivity index (χ0n) is 15.3. The van der Waals surface area contributed by atoms with Gasteiger partial charge in [-0.1, -0.05) is 29.8 Å². The first-order valence-electron chi connectivity index (χ1n) is 9.12. The van der Waals surface area contributed by atoms with Crippen LogP contribution in [0.4, 0.5) is 4.79 Å². The molecule has 2 atom stereocenters. The maximum Gasteiger partial charge on any atom is 0.344 e. The average Bonchev–Trinajstić information content (AvgIpc) is 3.30. The highest BCUT2D eigenvalue weighted by atomic mass is 16.2. The van der Waals surface area contributed by atoms with Crippen LogP contribution in [0.15, 0.2) is 36.7 Å². The molecule has 0 saturated carbocycles. The summed E-state index contributed by atoms with van der Waals surface area (Å²) >= 11 is 0. The van der Waals surface area contributed by atoms with Crippen LogP contribution in [-0.2, 0) is 6.54 Å². The Hall–Kier alpha value is -2.47. The van der Waals surface area contributed by atoms with Crippen molar-refractivity contribution >= 4 is 11.8 Å². The minimum absolute atomic E-state index is 0.0749. The maximum absolute atomic E-state index is 12.6. The zero-order valence-corrected chi connectivity index (χ0v) is 15.3. The van der Waals surface area contributed by atoms with Crippen LogP contribution in [-0.4, -0.2) is 57.6 Å². The topological polar surface area (TPSA) is 58.4 Å². The van der Waals surface area contributed by atoms with Gasteiger partial charge in [0.1, 0.15) is 0 Å². The Morgan fingerprint density at radius 2 is 1.73 bits per heavy atom. The van der Waals surface area contributed by atoms with Gasteiger partial charge >= 0.3 is 6.03 Å². The van der Waals surface area contributed by atoms with Crippen molar-refractivity contribution in [1.82, 2.24) is 19.6 Å². The molecule has 6 heteroatoms. The van der Waals surface area contributed by atoms with Crippen LogP contribution in [0.3, 0.4) is 0 Å². The molecule has 2 aliphatic heterocycles. The van der Waals surface area contributed by atoms with Gasteiger partial charge in [0.05, 0.1) is 11.8 Å². The number of hydrogen-bond donors (Lipinski definition) is 0. The number of aryl methyl sites for hydroxylation is 1. The van der Waals surface area contributed by atoms with E-state index in [0.717, 1.165) is 32.7 Å². The molecule has 2 aromatic rings. The molecule has 0 bridgehead atoms. The Bertz CT molecular complexity index is 813. The average molecular weight is 352 g/mol. The van der Waals surface area contributed by atoms with Gasteiger partial charge in [0.25, 0.3) is 0 Å². The second kappa shape index (κ2) is 6.68. The number of amides is 1. The van der Waals surface area contributed by atoms with Gasteiger partial charge in [-0.2, -0.15) is 9.78 Å². The smallest absolute Gasteiger partial charge is 0.322 e. The van der Waals surface area contributed by atoms with Crippen LogP contribution in [0, 0.1) is 18.8 Å². The molecule has 3 heterocycles. The lowest BCUT2D eigenvalue weighted by Crippen LogP contribution is -2.36. The molecular formula is C20H24N4O2. The van der Waals surface area contributed by atoms with Crippen molar-refractivity contribution in [3.05, 3.63) is 53.3 Å². The fourth-order valence-electron chi connectivity index (χ4n) is 4.08. The molecule has 2 saturated heterocycles. The number of likely N-dealkylation sites (tertiary alicyclic amines) is 2. The summed E-state index contributed by atoms with van der Waals surface area (Å²) in [5, 5.41) is 4.05. The monoisotopic (exact) mass is 352 g/mol. The minimum atomic E-state index is -0.128. The van der Waals surface area contributed by atoms with E-state index >= 15 is 0 Å². The van der Waals surface area contributed by atoms with E-state index < -0.39 is 0 Å². The molecule has 1 amide bonds. The third-order valence-electron chi connectivity index (χ3n) is 5.54. The van der Waals surface area contributed by atoms with Gasteiger partial charge in [-0.3, -0.25) is 9.69 Å². The number of benzene rings is 1. The van der Waals surface area contributed by atoms with Gasteiger partial charge < -0.3 is 4.90 Å². The van der Waals surface area contributed by atoms with Crippen LogP contribution in [0.5, 0.6) is 0 Å². The number of carbonyl (C=O) groups is 2. The lowest BCUT2D eigenvalue weighted by molar-refractivity contribution is 0.101. The van der Waals surface area contributed by atoms with Crippen molar-refractivity contribution in [2.75, 3.05) is 26.2 Å². The van der Waals surface area contributed by atoms with Crippen LogP contribution in [0.25, 0.3) is 0 Å².